The Morgan fingerprint density at radius 1 is 1.33 bits per heavy atom. The van der Waals surface area contributed by atoms with Gasteiger partial charge >= 0.3 is 0 Å². The zero-order chi connectivity index (χ0) is 14.7. The van der Waals surface area contributed by atoms with Crippen molar-refractivity contribution in [2.45, 2.75) is 51.4 Å². The van der Waals surface area contributed by atoms with Gasteiger partial charge in [-0.05, 0) is 26.2 Å². The first-order valence-corrected chi connectivity index (χ1v) is 7.79. The third-order valence-corrected chi connectivity index (χ3v) is 4.31. The van der Waals surface area contributed by atoms with Crippen molar-refractivity contribution in [3.63, 3.8) is 0 Å². The number of hydrogen-bond acceptors (Lipinski definition) is 3. The second-order valence-corrected chi connectivity index (χ2v) is 5.77. The maximum atomic E-state index is 4.47. The summed E-state index contributed by atoms with van der Waals surface area (Å²) in [4.78, 5) is 4.43. The van der Waals surface area contributed by atoms with Crippen LogP contribution in [0, 0.1) is 6.92 Å². The number of allylic oxidation sites excluding steroid dienone is 2. The van der Waals surface area contributed by atoms with E-state index < -0.39 is 0 Å². The Morgan fingerprint density at radius 2 is 2.14 bits per heavy atom. The molecule has 1 saturated carbocycles. The standard InChI is InChI=1S/C17H22N4/c1-3-4-6-11-15-13(2)18-12-21-17(15)16(19-20-21)14-9-7-5-8-10-14/h3,6,11-12,14H,1,4-5,7-10H2,2H3/b11-6-. The molecule has 1 aliphatic rings. The highest BCUT2D eigenvalue weighted by atomic mass is 15.4. The van der Waals surface area contributed by atoms with Crippen LogP contribution in [-0.2, 0) is 0 Å². The Kier molecular flexibility index (Phi) is 4.13. The van der Waals surface area contributed by atoms with Crippen molar-refractivity contribution in [3.05, 3.63) is 42.0 Å². The summed E-state index contributed by atoms with van der Waals surface area (Å²) in [6.45, 7) is 5.81. The maximum Gasteiger partial charge on any atom is 0.119 e. The molecule has 2 heterocycles. The van der Waals surface area contributed by atoms with Crippen molar-refractivity contribution in [3.8, 4) is 0 Å². The summed E-state index contributed by atoms with van der Waals surface area (Å²) in [6.07, 6.45) is 15.2. The molecular formula is C17H22N4. The fourth-order valence-corrected chi connectivity index (χ4v) is 3.16. The summed E-state index contributed by atoms with van der Waals surface area (Å²) in [5.41, 5.74) is 4.46. The molecule has 0 unspecified atom stereocenters. The molecule has 2 aromatic heterocycles. The van der Waals surface area contributed by atoms with Crippen LogP contribution in [-0.4, -0.2) is 19.8 Å². The Hall–Kier alpha value is -1.97. The van der Waals surface area contributed by atoms with Gasteiger partial charge in [0.05, 0.1) is 5.69 Å². The third kappa shape index (κ3) is 2.75. The van der Waals surface area contributed by atoms with Gasteiger partial charge in [-0.1, -0.05) is 42.7 Å². The van der Waals surface area contributed by atoms with Crippen LogP contribution in [0.2, 0.25) is 0 Å². The predicted octanol–water partition coefficient (Wildman–Crippen LogP) is 4.07. The Balaban J connectivity index is 2.08. The number of rotatable bonds is 4. The number of aromatic nitrogens is 4. The van der Waals surface area contributed by atoms with Crippen molar-refractivity contribution >= 4 is 11.6 Å². The zero-order valence-corrected chi connectivity index (χ0v) is 12.6. The fourth-order valence-electron chi connectivity index (χ4n) is 3.16. The molecule has 0 saturated heterocycles. The molecule has 0 aromatic carbocycles. The molecule has 2 aromatic rings. The molecule has 1 aliphatic carbocycles. The number of hydrogen-bond donors (Lipinski definition) is 0. The molecule has 0 spiro atoms. The van der Waals surface area contributed by atoms with Crippen LogP contribution in [0.25, 0.3) is 11.6 Å². The lowest BCUT2D eigenvalue weighted by Gasteiger charge is -2.20. The van der Waals surface area contributed by atoms with E-state index >= 15 is 0 Å². The van der Waals surface area contributed by atoms with E-state index in [1.807, 2.05) is 17.5 Å². The predicted molar refractivity (Wildman–Crippen MR) is 85.2 cm³/mol. The van der Waals surface area contributed by atoms with Crippen molar-refractivity contribution in [1.82, 2.24) is 19.8 Å². The van der Waals surface area contributed by atoms with Crippen molar-refractivity contribution < 1.29 is 0 Å². The fraction of sp³-hybridized carbons (Fsp3) is 0.471. The van der Waals surface area contributed by atoms with E-state index in [0.29, 0.717) is 5.92 Å². The number of fused-ring (bicyclic) bond motifs is 1. The van der Waals surface area contributed by atoms with Crippen LogP contribution in [0.1, 0.15) is 61.4 Å². The smallest absolute Gasteiger partial charge is 0.119 e. The molecule has 3 rings (SSSR count). The minimum Gasteiger partial charge on any atom is -0.241 e. The average molecular weight is 282 g/mol. The highest BCUT2D eigenvalue weighted by Crippen LogP contribution is 2.34. The van der Waals surface area contributed by atoms with Crippen molar-refractivity contribution in [1.29, 1.82) is 0 Å². The van der Waals surface area contributed by atoms with E-state index in [-0.39, 0.29) is 0 Å². The van der Waals surface area contributed by atoms with E-state index in [9.17, 15) is 0 Å². The minimum atomic E-state index is 0.546. The summed E-state index contributed by atoms with van der Waals surface area (Å²) in [5.74, 6) is 0.546. The minimum absolute atomic E-state index is 0.546. The van der Waals surface area contributed by atoms with Crippen LogP contribution >= 0.6 is 0 Å². The lowest BCUT2D eigenvalue weighted by molar-refractivity contribution is 0.438. The first kappa shape index (κ1) is 14.0. The topological polar surface area (TPSA) is 43.1 Å². The van der Waals surface area contributed by atoms with E-state index in [0.717, 1.165) is 28.9 Å². The molecule has 4 heteroatoms. The maximum absolute atomic E-state index is 4.47. The van der Waals surface area contributed by atoms with E-state index in [1.54, 1.807) is 6.33 Å². The average Bonchev–Trinajstić information content (AvgIpc) is 2.94. The summed E-state index contributed by atoms with van der Waals surface area (Å²) >= 11 is 0. The van der Waals surface area contributed by atoms with Gasteiger partial charge in [0.15, 0.2) is 0 Å². The van der Waals surface area contributed by atoms with Crippen LogP contribution in [0.4, 0.5) is 0 Å². The Labute approximate surface area is 125 Å². The Morgan fingerprint density at radius 3 is 2.90 bits per heavy atom. The zero-order valence-electron chi connectivity index (χ0n) is 12.6. The van der Waals surface area contributed by atoms with Gasteiger partial charge in [-0.15, -0.1) is 11.7 Å². The Bertz CT molecular complexity index is 663. The monoisotopic (exact) mass is 282 g/mol. The van der Waals surface area contributed by atoms with Crippen LogP contribution in [0.3, 0.4) is 0 Å². The largest absolute Gasteiger partial charge is 0.241 e. The van der Waals surface area contributed by atoms with Crippen LogP contribution in [0.15, 0.2) is 25.1 Å². The summed E-state index contributed by atoms with van der Waals surface area (Å²) in [7, 11) is 0. The summed E-state index contributed by atoms with van der Waals surface area (Å²) in [5, 5.41) is 8.74. The van der Waals surface area contributed by atoms with Gasteiger partial charge in [0, 0.05) is 17.2 Å². The van der Waals surface area contributed by atoms with Gasteiger partial charge in [0.1, 0.15) is 11.8 Å². The summed E-state index contributed by atoms with van der Waals surface area (Å²) < 4.78 is 1.82. The van der Waals surface area contributed by atoms with Crippen molar-refractivity contribution in [2.24, 2.45) is 0 Å². The van der Waals surface area contributed by atoms with Gasteiger partial charge < -0.3 is 0 Å². The first-order chi connectivity index (χ1) is 10.3. The van der Waals surface area contributed by atoms with Crippen LogP contribution < -0.4 is 0 Å². The lowest BCUT2D eigenvalue weighted by Crippen LogP contribution is -2.06. The molecule has 0 aliphatic heterocycles. The normalized spacial score (nSPS) is 16.8. The molecule has 110 valence electrons. The van der Waals surface area contributed by atoms with E-state index in [2.05, 4.69) is 34.0 Å². The summed E-state index contributed by atoms with van der Waals surface area (Å²) in [6, 6.07) is 0. The van der Waals surface area contributed by atoms with Crippen LogP contribution in [0.5, 0.6) is 0 Å². The molecule has 1 fully saturated rings. The molecule has 0 bridgehead atoms. The highest BCUT2D eigenvalue weighted by molar-refractivity contribution is 5.73. The molecule has 0 amide bonds. The first-order valence-electron chi connectivity index (χ1n) is 7.79. The SMILES string of the molecule is C=CC/C=C\c1c(C)ncn2nnc(C3CCCCC3)c12. The van der Waals surface area contributed by atoms with Crippen molar-refractivity contribution in [2.75, 3.05) is 0 Å². The molecule has 0 N–H and O–H groups in total. The molecule has 0 radical (unpaired) electrons. The van der Waals surface area contributed by atoms with Gasteiger partial charge in [-0.25, -0.2) is 9.50 Å². The molecule has 0 atom stereocenters. The molecule has 21 heavy (non-hydrogen) atoms. The number of aryl methyl sites for hydroxylation is 1. The van der Waals surface area contributed by atoms with Gasteiger partial charge in [-0.3, -0.25) is 0 Å². The highest BCUT2D eigenvalue weighted by Gasteiger charge is 2.22. The second kappa shape index (κ2) is 6.20. The molecule has 4 nitrogen and oxygen atoms in total. The molecular weight excluding hydrogens is 260 g/mol. The van der Waals surface area contributed by atoms with E-state index in [4.69, 9.17) is 0 Å². The van der Waals surface area contributed by atoms with Gasteiger partial charge in [0.2, 0.25) is 0 Å². The van der Waals surface area contributed by atoms with Gasteiger partial charge in [0.25, 0.3) is 0 Å². The van der Waals surface area contributed by atoms with E-state index in [1.165, 1.54) is 32.1 Å². The second-order valence-electron chi connectivity index (χ2n) is 5.77. The quantitative estimate of drug-likeness (QED) is 0.794. The van der Waals surface area contributed by atoms with Gasteiger partial charge in [-0.2, -0.15) is 0 Å². The number of nitrogens with zero attached hydrogens (tertiary/aromatic N) is 4. The lowest BCUT2D eigenvalue weighted by atomic mass is 9.86. The third-order valence-electron chi connectivity index (χ3n) is 4.31.